The maximum atomic E-state index is 11.7. The van der Waals surface area contributed by atoms with Crippen LogP contribution in [0, 0.1) is 5.92 Å². The quantitative estimate of drug-likeness (QED) is 0.610. The highest BCUT2D eigenvalue weighted by atomic mass is 16.1. The fourth-order valence-corrected chi connectivity index (χ4v) is 2.53. The Labute approximate surface area is 85.9 Å². The molecule has 0 amide bonds. The Balaban J connectivity index is 2.19. The van der Waals surface area contributed by atoms with Gasteiger partial charge >= 0.3 is 0 Å². The van der Waals surface area contributed by atoms with Gasteiger partial charge in [0.15, 0.2) is 5.78 Å². The van der Waals surface area contributed by atoms with E-state index in [1.165, 1.54) is 24.8 Å². The number of fused-ring (bicyclic) bond motifs is 1. The van der Waals surface area contributed by atoms with Gasteiger partial charge in [-0.3, -0.25) is 4.79 Å². The molecular formula is C13H18O. The lowest BCUT2D eigenvalue weighted by molar-refractivity contribution is -0.114. The number of carbonyl (C=O) groups is 1. The van der Waals surface area contributed by atoms with E-state index in [9.17, 15) is 4.79 Å². The fourth-order valence-electron chi connectivity index (χ4n) is 2.53. The van der Waals surface area contributed by atoms with Crippen LogP contribution in [0.5, 0.6) is 0 Å². The van der Waals surface area contributed by atoms with Gasteiger partial charge in [0.2, 0.25) is 0 Å². The predicted octanol–water partition coefficient (Wildman–Crippen LogP) is 3.41. The van der Waals surface area contributed by atoms with Crippen LogP contribution < -0.4 is 0 Å². The first-order valence-corrected chi connectivity index (χ1v) is 5.75. The van der Waals surface area contributed by atoms with E-state index in [2.05, 4.69) is 19.1 Å². The molecule has 0 saturated heterocycles. The summed E-state index contributed by atoms with van der Waals surface area (Å²) in [6.45, 7) is 2.19. The summed E-state index contributed by atoms with van der Waals surface area (Å²) >= 11 is 0. The molecule has 1 fully saturated rings. The first kappa shape index (κ1) is 9.70. The molecule has 0 aliphatic heterocycles. The van der Waals surface area contributed by atoms with Gasteiger partial charge in [0.1, 0.15) is 0 Å². The third-order valence-electron chi connectivity index (χ3n) is 3.27. The molecule has 2 rings (SSSR count). The van der Waals surface area contributed by atoms with Crippen molar-refractivity contribution in [2.45, 2.75) is 45.4 Å². The molecule has 2 aliphatic rings. The molecule has 0 bridgehead atoms. The average Bonchev–Trinajstić information content (AvgIpc) is 2.54. The van der Waals surface area contributed by atoms with E-state index >= 15 is 0 Å². The number of unbranched alkanes of at least 4 members (excludes halogenated alkanes) is 1. The molecule has 0 N–H and O–H groups in total. The Morgan fingerprint density at radius 3 is 3.21 bits per heavy atom. The molecule has 1 unspecified atom stereocenters. The SMILES string of the molecule is CCC/C=C1\CC(=O)C2=CCCCC21. The second-order valence-electron chi connectivity index (χ2n) is 4.31. The highest BCUT2D eigenvalue weighted by Gasteiger charge is 2.33. The standard InChI is InChI=1S/C13H18O/c1-2-3-6-10-9-13(14)12-8-5-4-7-11(10)12/h6,8,11H,2-5,7,9H2,1H3/b10-6+. The Morgan fingerprint density at radius 1 is 1.57 bits per heavy atom. The lowest BCUT2D eigenvalue weighted by atomic mass is 9.87. The topological polar surface area (TPSA) is 17.1 Å². The molecule has 76 valence electrons. The summed E-state index contributed by atoms with van der Waals surface area (Å²) in [6, 6.07) is 0. The van der Waals surface area contributed by atoms with E-state index in [-0.39, 0.29) is 0 Å². The first-order valence-electron chi connectivity index (χ1n) is 5.75. The summed E-state index contributed by atoms with van der Waals surface area (Å²) in [4.78, 5) is 11.7. The predicted molar refractivity (Wildman–Crippen MR) is 58.0 cm³/mol. The van der Waals surface area contributed by atoms with Crippen molar-refractivity contribution in [3.05, 3.63) is 23.3 Å². The average molecular weight is 190 g/mol. The van der Waals surface area contributed by atoms with Gasteiger partial charge in [-0.1, -0.05) is 31.1 Å². The maximum absolute atomic E-state index is 11.7. The molecule has 0 aromatic heterocycles. The lowest BCUT2D eigenvalue weighted by Crippen LogP contribution is -2.06. The zero-order valence-electron chi connectivity index (χ0n) is 8.88. The maximum Gasteiger partial charge on any atom is 0.163 e. The fraction of sp³-hybridized carbons (Fsp3) is 0.615. The van der Waals surface area contributed by atoms with Crippen molar-refractivity contribution in [3.63, 3.8) is 0 Å². The Hall–Kier alpha value is -0.850. The zero-order chi connectivity index (χ0) is 9.97. The molecule has 0 aromatic rings. The third-order valence-corrected chi connectivity index (χ3v) is 3.27. The smallest absolute Gasteiger partial charge is 0.163 e. The monoisotopic (exact) mass is 190 g/mol. The summed E-state index contributed by atoms with van der Waals surface area (Å²) in [7, 11) is 0. The van der Waals surface area contributed by atoms with Crippen LogP contribution in [0.1, 0.15) is 45.4 Å². The summed E-state index contributed by atoms with van der Waals surface area (Å²) in [5, 5.41) is 0. The molecule has 1 nitrogen and oxygen atoms in total. The number of rotatable bonds is 2. The van der Waals surface area contributed by atoms with Gasteiger partial charge in [-0.15, -0.1) is 0 Å². The van der Waals surface area contributed by atoms with E-state index in [1.54, 1.807) is 0 Å². The van der Waals surface area contributed by atoms with Crippen LogP contribution in [-0.4, -0.2) is 5.78 Å². The van der Waals surface area contributed by atoms with Crippen molar-refractivity contribution in [1.29, 1.82) is 0 Å². The van der Waals surface area contributed by atoms with Gasteiger partial charge in [0, 0.05) is 12.3 Å². The van der Waals surface area contributed by atoms with Crippen molar-refractivity contribution >= 4 is 5.78 Å². The minimum Gasteiger partial charge on any atom is -0.294 e. The normalized spacial score (nSPS) is 29.2. The molecule has 14 heavy (non-hydrogen) atoms. The lowest BCUT2D eigenvalue weighted by Gasteiger charge is -2.17. The molecule has 1 atom stereocenters. The number of hydrogen-bond acceptors (Lipinski definition) is 1. The summed E-state index contributed by atoms with van der Waals surface area (Å²) in [6.07, 6.45) is 11.1. The van der Waals surface area contributed by atoms with Gasteiger partial charge in [-0.05, 0) is 31.3 Å². The molecule has 1 heteroatoms. The number of allylic oxidation sites excluding steroid dienone is 4. The summed E-state index contributed by atoms with van der Waals surface area (Å²) in [5.41, 5.74) is 2.53. The number of hydrogen-bond donors (Lipinski definition) is 0. The van der Waals surface area contributed by atoms with E-state index in [0.29, 0.717) is 18.1 Å². The van der Waals surface area contributed by atoms with Crippen molar-refractivity contribution in [2.75, 3.05) is 0 Å². The first-order chi connectivity index (χ1) is 6.83. The van der Waals surface area contributed by atoms with Crippen LogP contribution in [0.15, 0.2) is 23.3 Å². The largest absolute Gasteiger partial charge is 0.294 e. The van der Waals surface area contributed by atoms with Crippen LogP contribution >= 0.6 is 0 Å². The summed E-state index contributed by atoms with van der Waals surface area (Å²) in [5.74, 6) is 0.889. The highest BCUT2D eigenvalue weighted by molar-refractivity contribution is 6.01. The number of ketones is 1. The van der Waals surface area contributed by atoms with E-state index in [4.69, 9.17) is 0 Å². The Kier molecular flexibility index (Phi) is 2.85. The van der Waals surface area contributed by atoms with Gasteiger partial charge in [0.05, 0.1) is 0 Å². The second kappa shape index (κ2) is 4.12. The highest BCUT2D eigenvalue weighted by Crippen LogP contribution is 2.40. The summed E-state index contributed by atoms with van der Waals surface area (Å²) < 4.78 is 0. The minimum absolute atomic E-state index is 0.386. The van der Waals surface area contributed by atoms with E-state index < -0.39 is 0 Å². The van der Waals surface area contributed by atoms with Crippen LogP contribution in [0.3, 0.4) is 0 Å². The molecular weight excluding hydrogens is 172 g/mol. The van der Waals surface area contributed by atoms with Crippen LogP contribution in [0.2, 0.25) is 0 Å². The third kappa shape index (κ3) is 1.68. The molecule has 1 saturated carbocycles. The van der Waals surface area contributed by atoms with Crippen molar-refractivity contribution < 1.29 is 4.79 Å². The zero-order valence-corrected chi connectivity index (χ0v) is 8.88. The number of carbonyl (C=O) groups excluding carboxylic acids is 1. The van der Waals surface area contributed by atoms with Gasteiger partial charge < -0.3 is 0 Å². The Bertz CT molecular complexity index is 296. The van der Waals surface area contributed by atoms with Gasteiger partial charge in [-0.2, -0.15) is 0 Å². The second-order valence-corrected chi connectivity index (χ2v) is 4.31. The molecule has 2 aliphatic carbocycles. The van der Waals surface area contributed by atoms with Crippen molar-refractivity contribution in [3.8, 4) is 0 Å². The van der Waals surface area contributed by atoms with E-state index in [1.807, 2.05) is 0 Å². The van der Waals surface area contributed by atoms with E-state index in [0.717, 1.165) is 18.4 Å². The molecule has 0 radical (unpaired) electrons. The number of Topliss-reactive ketones (excluding diaryl/α,β-unsaturated/α-hetero) is 1. The van der Waals surface area contributed by atoms with Gasteiger partial charge in [-0.25, -0.2) is 0 Å². The minimum atomic E-state index is 0.386. The van der Waals surface area contributed by atoms with Crippen molar-refractivity contribution in [1.82, 2.24) is 0 Å². The van der Waals surface area contributed by atoms with Crippen LogP contribution in [0.25, 0.3) is 0 Å². The molecule has 0 heterocycles. The molecule has 0 spiro atoms. The van der Waals surface area contributed by atoms with Crippen molar-refractivity contribution in [2.24, 2.45) is 5.92 Å². The van der Waals surface area contributed by atoms with Gasteiger partial charge in [0.25, 0.3) is 0 Å². The molecule has 0 aromatic carbocycles. The van der Waals surface area contributed by atoms with Crippen LogP contribution in [-0.2, 0) is 4.79 Å². The Morgan fingerprint density at radius 2 is 2.43 bits per heavy atom. The van der Waals surface area contributed by atoms with Crippen LogP contribution in [0.4, 0.5) is 0 Å².